The van der Waals surface area contributed by atoms with E-state index in [1.165, 1.54) is 0 Å². The smallest absolute Gasteiger partial charge is 0.314 e. The monoisotopic (exact) mass is 565 g/mol. The molecule has 37 heavy (non-hydrogen) atoms. The van der Waals surface area contributed by atoms with Crippen molar-refractivity contribution in [3.8, 4) is 0 Å². The third kappa shape index (κ3) is 6.57. The van der Waals surface area contributed by atoms with E-state index in [-0.39, 0.29) is 23.9 Å². The van der Waals surface area contributed by atoms with Crippen molar-refractivity contribution in [2.45, 2.75) is 44.7 Å². The maximum absolute atomic E-state index is 13.2. The number of anilines is 2. The Kier molecular flexibility index (Phi) is 8.98. The Balaban J connectivity index is 1.33. The maximum atomic E-state index is 13.2. The number of hydrogen-bond acceptors (Lipinski definition) is 4. The van der Waals surface area contributed by atoms with E-state index in [0.29, 0.717) is 28.2 Å². The van der Waals surface area contributed by atoms with Crippen LogP contribution in [0.3, 0.4) is 0 Å². The number of amides is 3. The zero-order valence-corrected chi connectivity index (χ0v) is 23.5. The van der Waals surface area contributed by atoms with Crippen LogP contribution < -0.4 is 16.0 Å². The first-order valence-electron chi connectivity index (χ1n) is 12.7. The fraction of sp³-hybridized carbons (Fsp3) is 0.481. The van der Waals surface area contributed by atoms with Crippen LogP contribution in [0.2, 0.25) is 15.1 Å². The molecule has 2 saturated heterocycles. The molecule has 0 aliphatic carbocycles. The van der Waals surface area contributed by atoms with E-state index in [0.717, 1.165) is 55.7 Å². The third-order valence-corrected chi connectivity index (χ3v) is 8.52. The molecule has 0 aromatic heterocycles. The summed E-state index contributed by atoms with van der Waals surface area (Å²) in [5.74, 6) is 0.255. The van der Waals surface area contributed by atoms with Crippen molar-refractivity contribution in [1.82, 2.24) is 9.80 Å². The fourth-order valence-electron chi connectivity index (χ4n) is 5.28. The largest absolute Gasteiger partial charge is 0.377 e. The minimum atomic E-state index is -0.416. The molecular formula is C27H34Cl3N5O2. The quantitative estimate of drug-likeness (QED) is 0.447. The summed E-state index contributed by atoms with van der Waals surface area (Å²) in [5, 5.41) is 5.32. The Labute approximate surface area is 233 Å². The molecule has 0 saturated carbocycles. The summed E-state index contributed by atoms with van der Waals surface area (Å²) >= 11 is 19.0. The minimum Gasteiger partial charge on any atom is -0.377 e. The van der Waals surface area contributed by atoms with Gasteiger partial charge in [0.25, 0.3) is 0 Å². The summed E-state index contributed by atoms with van der Waals surface area (Å²) in [4.78, 5) is 30.4. The maximum Gasteiger partial charge on any atom is 0.314 e. The lowest BCUT2D eigenvalue weighted by Gasteiger charge is -2.39. The number of halogens is 3. The highest BCUT2D eigenvalue weighted by atomic mass is 35.5. The Bertz CT molecular complexity index is 1130. The van der Waals surface area contributed by atoms with Crippen molar-refractivity contribution >= 4 is 58.1 Å². The van der Waals surface area contributed by atoms with Gasteiger partial charge in [0.2, 0.25) is 5.91 Å². The molecule has 2 aromatic carbocycles. The van der Waals surface area contributed by atoms with E-state index >= 15 is 0 Å². The first-order valence-corrected chi connectivity index (χ1v) is 13.8. The van der Waals surface area contributed by atoms with Gasteiger partial charge in [-0.15, -0.1) is 0 Å². The van der Waals surface area contributed by atoms with Crippen LogP contribution in [0.5, 0.6) is 0 Å². The molecular weight excluding hydrogens is 533 g/mol. The first-order chi connectivity index (χ1) is 17.6. The number of rotatable bonds is 6. The number of carbonyl (C=O) groups excluding carboxylic acids is 2. The molecule has 0 bridgehead atoms. The molecule has 2 fully saturated rings. The van der Waals surface area contributed by atoms with Crippen molar-refractivity contribution in [1.29, 1.82) is 0 Å². The van der Waals surface area contributed by atoms with Crippen LogP contribution in [-0.2, 0) is 4.79 Å². The van der Waals surface area contributed by atoms with Crippen LogP contribution in [0.1, 0.15) is 44.2 Å². The van der Waals surface area contributed by atoms with Crippen LogP contribution in [0.4, 0.5) is 16.2 Å². The van der Waals surface area contributed by atoms with Crippen LogP contribution in [0.15, 0.2) is 36.4 Å². The zero-order valence-electron chi connectivity index (χ0n) is 21.2. The number of nitrogens with two attached hydrogens (primary N) is 1. The van der Waals surface area contributed by atoms with Crippen molar-refractivity contribution in [3.05, 3.63) is 57.0 Å². The standard InChI is InChI=1S/C27H34Cl3N5O2/c1-17(22-5-3-19(28)15-24(22)30)32-25-16-21(4-6-23(25)29)34-11-7-18(8-12-34)26(36)35-13-9-20(10-14-35)33(2)27(31)37/h3-6,15-18,20,32H,7-14H2,1-2H3,(H2,31,37)/t17-/m1/s1. The molecule has 10 heteroatoms. The van der Waals surface area contributed by atoms with Crippen molar-refractivity contribution in [2.75, 3.05) is 43.4 Å². The van der Waals surface area contributed by atoms with E-state index in [2.05, 4.69) is 16.3 Å². The van der Waals surface area contributed by atoms with Gasteiger partial charge in [-0.3, -0.25) is 4.79 Å². The summed E-state index contributed by atoms with van der Waals surface area (Å²) in [6, 6.07) is 11.1. The number of nitrogens with zero attached hydrogens (tertiary/aromatic N) is 3. The fourth-order valence-corrected chi connectivity index (χ4v) is 6.02. The highest BCUT2D eigenvalue weighted by molar-refractivity contribution is 6.35. The number of nitrogens with one attached hydrogen (secondary N) is 1. The van der Waals surface area contributed by atoms with Crippen LogP contribution >= 0.6 is 34.8 Å². The number of likely N-dealkylation sites (tertiary alicyclic amines) is 1. The van der Waals surface area contributed by atoms with Gasteiger partial charge in [0, 0.05) is 60.9 Å². The van der Waals surface area contributed by atoms with Crippen molar-refractivity contribution in [3.63, 3.8) is 0 Å². The molecule has 1 atom stereocenters. The van der Waals surface area contributed by atoms with Gasteiger partial charge in [-0.25, -0.2) is 4.79 Å². The van der Waals surface area contributed by atoms with E-state index in [4.69, 9.17) is 40.5 Å². The summed E-state index contributed by atoms with van der Waals surface area (Å²) in [5.41, 5.74) is 8.25. The van der Waals surface area contributed by atoms with Gasteiger partial charge in [-0.2, -0.15) is 0 Å². The molecule has 2 aliphatic rings. The molecule has 7 nitrogen and oxygen atoms in total. The van der Waals surface area contributed by atoms with E-state index in [1.54, 1.807) is 18.0 Å². The first kappa shape index (κ1) is 27.7. The van der Waals surface area contributed by atoms with Gasteiger partial charge in [-0.1, -0.05) is 40.9 Å². The zero-order chi connectivity index (χ0) is 26.7. The van der Waals surface area contributed by atoms with Crippen molar-refractivity contribution in [2.24, 2.45) is 11.7 Å². The van der Waals surface area contributed by atoms with E-state index in [1.807, 2.05) is 36.1 Å². The Morgan fingerprint density at radius 3 is 2.27 bits per heavy atom. The second kappa shape index (κ2) is 12.0. The lowest BCUT2D eigenvalue weighted by Crippen LogP contribution is -2.50. The number of piperidine rings is 2. The SMILES string of the molecule is C[C@@H](Nc1cc(N2CCC(C(=O)N3CCC(N(C)C(N)=O)CC3)CC2)ccc1Cl)c1ccc(Cl)cc1Cl. The summed E-state index contributed by atoms with van der Waals surface area (Å²) in [6.07, 6.45) is 3.15. The Morgan fingerprint density at radius 1 is 0.973 bits per heavy atom. The molecule has 3 amide bonds. The van der Waals surface area contributed by atoms with Gasteiger partial charge in [-0.05, 0) is 68.5 Å². The topological polar surface area (TPSA) is 81.9 Å². The number of carbonyl (C=O) groups is 2. The van der Waals surface area contributed by atoms with Crippen LogP contribution in [0, 0.1) is 5.92 Å². The van der Waals surface area contributed by atoms with Gasteiger partial charge in [0.15, 0.2) is 0 Å². The van der Waals surface area contributed by atoms with Gasteiger partial charge in [0.05, 0.1) is 16.8 Å². The Morgan fingerprint density at radius 2 is 1.65 bits per heavy atom. The third-order valence-electron chi connectivity index (χ3n) is 7.63. The number of hydrogen-bond donors (Lipinski definition) is 2. The summed E-state index contributed by atoms with van der Waals surface area (Å²) in [7, 11) is 1.73. The van der Waals surface area contributed by atoms with Gasteiger partial charge in [0.1, 0.15) is 0 Å². The van der Waals surface area contributed by atoms with Crippen LogP contribution in [0.25, 0.3) is 0 Å². The van der Waals surface area contributed by atoms with Gasteiger partial charge >= 0.3 is 6.03 Å². The second-order valence-corrected chi connectivity index (χ2v) is 11.2. The summed E-state index contributed by atoms with van der Waals surface area (Å²) < 4.78 is 0. The molecule has 0 radical (unpaired) electrons. The minimum absolute atomic E-state index is 0.0265. The number of benzene rings is 2. The molecule has 2 aliphatic heterocycles. The van der Waals surface area contributed by atoms with Gasteiger partial charge < -0.3 is 25.8 Å². The van der Waals surface area contributed by atoms with Crippen LogP contribution in [-0.4, -0.2) is 61.0 Å². The lowest BCUT2D eigenvalue weighted by atomic mass is 9.93. The van der Waals surface area contributed by atoms with Crippen molar-refractivity contribution < 1.29 is 9.59 Å². The number of urea groups is 1. The van der Waals surface area contributed by atoms with E-state index < -0.39 is 6.03 Å². The molecule has 2 aromatic rings. The second-order valence-electron chi connectivity index (χ2n) is 9.96. The molecule has 2 heterocycles. The molecule has 0 spiro atoms. The highest BCUT2D eigenvalue weighted by Gasteiger charge is 2.32. The normalized spacial score (nSPS) is 18.0. The average molecular weight is 567 g/mol. The number of primary amides is 1. The molecule has 3 N–H and O–H groups in total. The highest BCUT2D eigenvalue weighted by Crippen LogP contribution is 2.34. The van der Waals surface area contributed by atoms with E-state index in [9.17, 15) is 9.59 Å². The molecule has 0 unspecified atom stereocenters. The predicted molar refractivity (Wildman–Crippen MR) is 152 cm³/mol. The predicted octanol–water partition coefficient (Wildman–Crippen LogP) is 6.04. The summed E-state index contributed by atoms with van der Waals surface area (Å²) in [6.45, 7) is 4.98. The Hall–Kier alpha value is -2.35. The molecule has 4 rings (SSSR count). The lowest BCUT2D eigenvalue weighted by molar-refractivity contribution is -0.137. The molecule has 200 valence electrons. The average Bonchev–Trinajstić information content (AvgIpc) is 2.89.